The molecule has 4 rings (SSSR count). The maximum Gasteiger partial charge on any atom is 0.264 e. The average molecular weight is 735 g/mol. The van der Waals surface area contributed by atoms with E-state index in [0.717, 1.165) is 15.4 Å². The van der Waals surface area contributed by atoms with Crippen molar-refractivity contribution in [3.63, 3.8) is 0 Å². The lowest BCUT2D eigenvalue weighted by Crippen LogP contribution is -2.39. The molecule has 0 heterocycles. The Balaban J connectivity index is 1.49. The van der Waals surface area contributed by atoms with Gasteiger partial charge in [0.15, 0.2) is 11.5 Å². The summed E-state index contributed by atoms with van der Waals surface area (Å²) in [6, 6.07) is 21.4. The second-order valence-corrected chi connectivity index (χ2v) is 13.2. The molecule has 0 atom stereocenters. The zero-order valence-corrected chi connectivity index (χ0v) is 28.5. The molecule has 4 aromatic rings. The van der Waals surface area contributed by atoms with E-state index in [1.807, 2.05) is 13.8 Å². The van der Waals surface area contributed by atoms with E-state index >= 15 is 0 Å². The monoisotopic (exact) mass is 733 g/mol. The van der Waals surface area contributed by atoms with Crippen LogP contribution in [0.15, 0.2) is 93.3 Å². The van der Waals surface area contributed by atoms with Crippen LogP contribution in [0.4, 0.5) is 5.69 Å². The Kier molecular flexibility index (Phi) is 11.7. The molecule has 0 radical (unpaired) electrons. The Bertz CT molecular complexity index is 1790. The molecular formula is C32H30BrCl2N3O6S. The maximum absolute atomic E-state index is 13.7. The third-order valence-electron chi connectivity index (χ3n) is 6.37. The number of anilines is 1. The van der Waals surface area contributed by atoms with Crippen LogP contribution in [0.5, 0.6) is 17.2 Å². The summed E-state index contributed by atoms with van der Waals surface area (Å²) in [6.45, 7) is 3.83. The lowest BCUT2D eigenvalue weighted by Gasteiger charge is -2.24. The van der Waals surface area contributed by atoms with Crippen LogP contribution in [-0.4, -0.2) is 40.8 Å². The number of carbonyl (C=O) groups is 1. The number of methoxy groups -OCH3 is 1. The van der Waals surface area contributed by atoms with E-state index < -0.39 is 22.5 Å². The van der Waals surface area contributed by atoms with Gasteiger partial charge in [0.25, 0.3) is 15.9 Å². The van der Waals surface area contributed by atoms with Crippen LogP contribution in [-0.2, 0) is 21.4 Å². The number of nitrogens with one attached hydrogen (secondary N) is 1. The molecule has 0 aromatic heterocycles. The number of nitrogens with zero attached hydrogens (tertiary/aromatic N) is 2. The highest BCUT2D eigenvalue weighted by Gasteiger charge is 2.27. The molecule has 9 nitrogen and oxygen atoms in total. The number of sulfonamides is 1. The van der Waals surface area contributed by atoms with Crippen molar-refractivity contribution in [2.24, 2.45) is 5.10 Å². The smallest absolute Gasteiger partial charge is 0.264 e. The first-order valence-electron chi connectivity index (χ1n) is 13.6. The number of carbonyl (C=O) groups excluding carboxylic acids is 1. The van der Waals surface area contributed by atoms with Gasteiger partial charge in [-0.2, -0.15) is 5.10 Å². The fraction of sp³-hybridized carbons (Fsp3) is 0.188. The van der Waals surface area contributed by atoms with E-state index in [4.69, 9.17) is 37.4 Å². The summed E-state index contributed by atoms with van der Waals surface area (Å²) in [5.41, 5.74) is 5.01. The number of aryl methyl sites for hydroxylation is 1. The Morgan fingerprint density at radius 2 is 1.71 bits per heavy atom. The number of hydrogen-bond donors (Lipinski definition) is 1. The number of rotatable bonds is 13. The Morgan fingerprint density at radius 1 is 1.00 bits per heavy atom. The fourth-order valence-electron chi connectivity index (χ4n) is 4.12. The van der Waals surface area contributed by atoms with Gasteiger partial charge in [-0.15, -0.1) is 0 Å². The van der Waals surface area contributed by atoms with E-state index in [1.54, 1.807) is 66.7 Å². The Hall–Kier alpha value is -3.77. The summed E-state index contributed by atoms with van der Waals surface area (Å²) in [7, 11) is -2.61. The molecule has 1 N–H and O–H groups in total. The summed E-state index contributed by atoms with van der Waals surface area (Å²) in [5.74, 6) is 0.749. The highest BCUT2D eigenvalue weighted by Crippen LogP contribution is 2.37. The Labute approximate surface area is 280 Å². The molecular weight excluding hydrogens is 705 g/mol. The van der Waals surface area contributed by atoms with E-state index in [1.165, 1.54) is 25.5 Å². The van der Waals surface area contributed by atoms with Crippen LogP contribution in [0, 0.1) is 6.92 Å². The normalized spacial score (nSPS) is 11.3. The van der Waals surface area contributed by atoms with Gasteiger partial charge in [0.05, 0.1) is 35.0 Å². The van der Waals surface area contributed by atoms with Crippen LogP contribution >= 0.6 is 39.1 Å². The second-order valence-electron chi connectivity index (χ2n) is 9.60. The summed E-state index contributed by atoms with van der Waals surface area (Å²) >= 11 is 15.7. The maximum atomic E-state index is 13.7. The molecule has 0 unspecified atom stereocenters. The molecule has 0 aliphatic rings. The van der Waals surface area contributed by atoms with E-state index in [0.29, 0.717) is 49.6 Å². The van der Waals surface area contributed by atoms with Crippen molar-refractivity contribution in [3.8, 4) is 17.2 Å². The third kappa shape index (κ3) is 8.91. The molecule has 0 bridgehead atoms. The van der Waals surface area contributed by atoms with Crippen molar-refractivity contribution in [1.82, 2.24) is 5.43 Å². The third-order valence-corrected chi connectivity index (χ3v) is 9.34. The molecule has 0 fully saturated rings. The van der Waals surface area contributed by atoms with Crippen LogP contribution < -0.4 is 23.9 Å². The van der Waals surface area contributed by atoms with E-state index in [9.17, 15) is 13.2 Å². The minimum absolute atomic E-state index is 0.0143. The SMILES string of the molecule is CCOc1ccc(S(=O)(=O)N(CC(=O)N/N=C\c2cc(Br)c(OCc3ccc(Cl)cc3Cl)c(OC)c2)c2ccc(C)cc2)cc1. The number of halogens is 3. The molecule has 0 saturated carbocycles. The molecule has 0 aliphatic carbocycles. The minimum atomic E-state index is -4.11. The van der Waals surface area contributed by atoms with Gasteiger partial charge in [0.2, 0.25) is 0 Å². The summed E-state index contributed by atoms with van der Waals surface area (Å²) < 4.78 is 45.8. The zero-order valence-electron chi connectivity index (χ0n) is 24.6. The summed E-state index contributed by atoms with van der Waals surface area (Å²) in [4.78, 5) is 13.0. The molecule has 13 heteroatoms. The predicted octanol–water partition coefficient (Wildman–Crippen LogP) is 7.40. The highest BCUT2D eigenvalue weighted by molar-refractivity contribution is 9.10. The van der Waals surface area contributed by atoms with Gasteiger partial charge >= 0.3 is 0 Å². The van der Waals surface area contributed by atoms with Crippen LogP contribution in [0.2, 0.25) is 10.0 Å². The van der Waals surface area contributed by atoms with Gasteiger partial charge in [0.1, 0.15) is 18.9 Å². The van der Waals surface area contributed by atoms with E-state index in [2.05, 4.69) is 26.5 Å². The minimum Gasteiger partial charge on any atom is -0.494 e. The number of amides is 1. The molecule has 0 spiro atoms. The van der Waals surface area contributed by atoms with Gasteiger partial charge < -0.3 is 14.2 Å². The lowest BCUT2D eigenvalue weighted by atomic mass is 10.2. The quantitative estimate of drug-likeness (QED) is 0.113. The molecule has 45 heavy (non-hydrogen) atoms. The van der Waals surface area contributed by atoms with Gasteiger partial charge in [-0.3, -0.25) is 9.10 Å². The van der Waals surface area contributed by atoms with Crippen molar-refractivity contribution in [2.45, 2.75) is 25.3 Å². The second kappa shape index (κ2) is 15.5. The van der Waals surface area contributed by atoms with Crippen molar-refractivity contribution in [3.05, 3.63) is 110 Å². The van der Waals surface area contributed by atoms with Crippen molar-refractivity contribution in [2.75, 3.05) is 24.6 Å². The molecule has 236 valence electrons. The number of ether oxygens (including phenoxy) is 3. The molecule has 1 amide bonds. The topological polar surface area (TPSA) is 107 Å². The number of benzene rings is 4. The molecule has 0 saturated heterocycles. The highest BCUT2D eigenvalue weighted by atomic mass is 79.9. The first-order valence-corrected chi connectivity index (χ1v) is 16.6. The average Bonchev–Trinajstić information content (AvgIpc) is 3.01. The molecule has 4 aromatic carbocycles. The van der Waals surface area contributed by atoms with Crippen molar-refractivity contribution < 1.29 is 27.4 Å². The standard InChI is InChI=1S/C32H30BrCl2N3O6S/c1-4-43-26-11-13-27(14-12-26)45(40,41)38(25-9-5-21(2)6-10-25)19-31(39)37-36-18-22-15-28(33)32(30(16-22)42-3)44-20-23-7-8-24(34)17-29(23)35/h5-18H,4,19-20H2,1-3H3,(H,37,39)/b36-18-. The number of hydrogen-bond acceptors (Lipinski definition) is 7. The lowest BCUT2D eigenvalue weighted by molar-refractivity contribution is -0.119. The van der Waals surface area contributed by atoms with Crippen molar-refractivity contribution in [1.29, 1.82) is 0 Å². The van der Waals surface area contributed by atoms with Crippen LogP contribution in [0.25, 0.3) is 0 Å². The van der Waals surface area contributed by atoms with Gasteiger partial charge in [-0.1, -0.05) is 47.0 Å². The summed E-state index contributed by atoms with van der Waals surface area (Å²) in [6.07, 6.45) is 1.40. The largest absolute Gasteiger partial charge is 0.494 e. The van der Waals surface area contributed by atoms with Gasteiger partial charge in [-0.25, -0.2) is 13.8 Å². The first kappa shape index (κ1) is 34.1. The zero-order chi connectivity index (χ0) is 32.6. The number of hydrazone groups is 1. The van der Waals surface area contributed by atoms with Crippen LogP contribution in [0.3, 0.4) is 0 Å². The predicted molar refractivity (Wildman–Crippen MR) is 181 cm³/mol. The van der Waals surface area contributed by atoms with Gasteiger partial charge in [0, 0.05) is 15.6 Å². The van der Waals surface area contributed by atoms with Crippen LogP contribution in [0.1, 0.15) is 23.6 Å². The van der Waals surface area contributed by atoms with Crippen molar-refractivity contribution >= 4 is 67.0 Å². The van der Waals surface area contributed by atoms with Gasteiger partial charge in [-0.05, 0) is 96.0 Å². The molecule has 0 aliphatic heterocycles. The Morgan fingerprint density at radius 3 is 2.36 bits per heavy atom. The fourth-order valence-corrected chi connectivity index (χ4v) is 6.57. The first-order chi connectivity index (χ1) is 21.5. The summed E-state index contributed by atoms with van der Waals surface area (Å²) in [5, 5.41) is 5.04. The van der Waals surface area contributed by atoms with E-state index in [-0.39, 0.29) is 11.5 Å².